The zero-order valence-electron chi connectivity index (χ0n) is 7.26. The number of ether oxygens (including phenoxy) is 2. The largest absolute Gasteiger partial charge is 0.382 e. The van der Waals surface area contributed by atoms with Gasteiger partial charge in [0, 0.05) is 20.3 Å². The molecule has 0 atom stereocenters. The predicted octanol–water partition coefficient (Wildman–Crippen LogP) is 0.190. The van der Waals surface area contributed by atoms with Crippen molar-refractivity contribution in [2.75, 3.05) is 40.1 Å². The minimum absolute atomic E-state index is 0.572. The first-order valence-corrected chi connectivity index (χ1v) is 3.83. The quantitative estimate of drug-likeness (QED) is 0.409. The molecule has 0 aliphatic rings. The Hall–Kier alpha value is -0.160. The van der Waals surface area contributed by atoms with Gasteiger partial charge in [-0.3, -0.25) is 4.84 Å². The summed E-state index contributed by atoms with van der Waals surface area (Å²) in [5, 5.41) is 0. The van der Waals surface area contributed by atoms with Gasteiger partial charge < -0.3 is 9.47 Å². The third kappa shape index (κ3) is 9.84. The molecule has 0 unspecified atom stereocenters. The number of hydroxylamine groups is 1. The van der Waals surface area contributed by atoms with Crippen molar-refractivity contribution < 1.29 is 14.3 Å². The Kier molecular flexibility index (Phi) is 9.70. The van der Waals surface area contributed by atoms with Crippen molar-refractivity contribution in [1.82, 2.24) is 5.48 Å². The zero-order chi connectivity index (χ0) is 8.36. The van der Waals surface area contributed by atoms with E-state index in [4.69, 9.17) is 14.3 Å². The summed E-state index contributed by atoms with van der Waals surface area (Å²) in [6, 6.07) is 0. The molecular formula is C7H17NO3. The number of rotatable bonds is 8. The third-order valence-electron chi connectivity index (χ3n) is 1.04. The highest BCUT2D eigenvalue weighted by molar-refractivity contribution is 4.31. The van der Waals surface area contributed by atoms with Gasteiger partial charge in [-0.25, -0.2) is 5.48 Å². The van der Waals surface area contributed by atoms with Crippen molar-refractivity contribution in [3.63, 3.8) is 0 Å². The van der Waals surface area contributed by atoms with Gasteiger partial charge in [0.05, 0.1) is 19.8 Å². The standard InChI is InChI=1S/C7H17NO3/c1-3-10-5-4-8-11-7-6-9-2/h8H,3-7H2,1-2H3. The van der Waals surface area contributed by atoms with E-state index in [1.54, 1.807) is 7.11 Å². The lowest BCUT2D eigenvalue weighted by Crippen LogP contribution is -2.22. The number of nitrogens with one attached hydrogen (secondary N) is 1. The molecule has 11 heavy (non-hydrogen) atoms. The lowest BCUT2D eigenvalue weighted by molar-refractivity contribution is -0.00462. The van der Waals surface area contributed by atoms with Gasteiger partial charge in [-0.15, -0.1) is 0 Å². The van der Waals surface area contributed by atoms with Crippen LogP contribution in [-0.2, 0) is 14.3 Å². The molecule has 0 aromatic heterocycles. The molecule has 0 heterocycles. The summed E-state index contributed by atoms with van der Waals surface area (Å²) in [5.41, 5.74) is 2.75. The molecule has 0 spiro atoms. The highest BCUT2D eigenvalue weighted by Gasteiger charge is 1.86. The van der Waals surface area contributed by atoms with E-state index in [2.05, 4.69) is 5.48 Å². The van der Waals surface area contributed by atoms with Crippen molar-refractivity contribution in [2.24, 2.45) is 0 Å². The molecule has 0 saturated carbocycles. The van der Waals surface area contributed by atoms with Gasteiger partial charge in [0.15, 0.2) is 0 Å². The smallest absolute Gasteiger partial charge is 0.0915 e. The van der Waals surface area contributed by atoms with Gasteiger partial charge in [0.1, 0.15) is 0 Å². The highest BCUT2D eigenvalue weighted by atomic mass is 16.7. The molecule has 68 valence electrons. The van der Waals surface area contributed by atoms with Crippen molar-refractivity contribution in [2.45, 2.75) is 6.92 Å². The molecule has 0 fully saturated rings. The minimum Gasteiger partial charge on any atom is -0.382 e. The summed E-state index contributed by atoms with van der Waals surface area (Å²) in [5.74, 6) is 0. The molecule has 0 saturated heterocycles. The average molecular weight is 163 g/mol. The van der Waals surface area contributed by atoms with Crippen LogP contribution in [0.1, 0.15) is 6.92 Å². The van der Waals surface area contributed by atoms with Crippen LogP contribution in [0.4, 0.5) is 0 Å². The van der Waals surface area contributed by atoms with Crippen LogP contribution in [0, 0.1) is 0 Å². The first-order valence-electron chi connectivity index (χ1n) is 3.83. The van der Waals surface area contributed by atoms with Crippen LogP contribution >= 0.6 is 0 Å². The fraction of sp³-hybridized carbons (Fsp3) is 1.00. The van der Waals surface area contributed by atoms with Gasteiger partial charge in [0.25, 0.3) is 0 Å². The van der Waals surface area contributed by atoms with E-state index in [9.17, 15) is 0 Å². The van der Waals surface area contributed by atoms with Crippen LogP contribution in [0.3, 0.4) is 0 Å². The maximum absolute atomic E-state index is 5.07. The van der Waals surface area contributed by atoms with Crippen LogP contribution in [0.5, 0.6) is 0 Å². The Balaban J connectivity index is 2.69. The monoisotopic (exact) mass is 163 g/mol. The molecule has 0 aliphatic heterocycles. The highest BCUT2D eigenvalue weighted by Crippen LogP contribution is 1.72. The Labute approximate surface area is 67.8 Å². The van der Waals surface area contributed by atoms with E-state index < -0.39 is 0 Å². The second-order valence-corrected chi connectivity index (χ2v) is 1.93. The van der Waals surface area contributed by atoms with Crippen LogP contribution in [-0.4, -0.2) is 40.1 Å². The van der Waals surface area contributed by atoms with Crippen molar-refractivity contribution in [3.05, 3.63) is 0 Å². The number of hydrogen-bond acceptors (Lipinski definition) is 4. The van der Waals surface area contributed by atoms with E-state index in [0.29, 0.717) is 19.8 Å². The van der Waals surface area contributed by atoms with Gasteiger partial charge in [0.2, 0.25) is 0 Å². The van der Waals surface area contributed by atoms with Crippen LogP contribution in [0.2, 0.25) is 0 Å². The molecular weight excluding hydrogens is 146 g/mol. The molecule has 1 N–H and O–H groups in total. The minimum atomic E-state index is 0.572. The predicted molar refractivity (Wildman–Crippen MR) is 42.3 cm³/mol. The second kappa shape index (κ2) is 9.84. The van der Waals surface area contributed by atoms with Crippen molar-refractivity contribution >= 4 is 0 Å². The van der Waals surface area contributed by atoms with Crippen LogP contribution in [0.15, 0.2) is 0 Å². The maximum Gasteiger partial charge on any atom is 0.0915 e. The summed E-state index contributed by atoms with van der Waals surface area (Å²) in [6.07, 6.45) is 0. The van der Waals surface area contributed by atoms with Crippen LogP contribution < -0.4 is 5.48 Å². The molecule has 4 heteroatoms. The van der Waals surface area contributed by atoms with Crippen molar-refractivity contribution in [1.29, 1.82) is 0 Å². The molecule has 0 bridgehead atoms. The summed E-state index contributed by atoms with van der Waals surface area (Å²) < 4.78 is 9.84. The van der Waals surface area contributed by atoms with Gasteiger partial charge in [-0.05, 0) is 6.92 Å². The summed E-state index contributed by atoms with van der Waals surface area (Å²) in [7, 11) is 1.64. The summed E-state index contributed by atoms with van der Waals surface area (Å²) in [6.45, 7) is 5.30. The second-order valence-electron chi connectivity index (χ2n) is 1.93. The molecule has 0 rings (SSSR count). The third-order valence-corrected chi connectivity index (χ3v) is 1.04. The normalized spacial score (nSPS) is 10.4. The Morgan fingerprint density at radius 1 is 1.18 bits per heavy atom. The lowest BCUT2D eigenvalue weighted by Gasteiger charge is -2.04. The van der Waals surface area contributed by atoms with E-state index in [0.717, 1.165) is 13.2 Å². The lowest BCUT2D eigenvalue weighted by atomic mass is 10.7. The number of hydrogen-bond donors (Lipinski definition) is 1. The fourth-order valence-corrected chi connectivity index (χ4v) is 0.528. The Morgan fingerprint density at radius 2 is 2.00 bits per heavy atom. The van der Waals surface area contributed by atoms with E-state index in [1.807, 2.05) is 6.92 Å². The van der Waals surface area contributed by atoms with Gasteiger partial charge in [-0.1, -0.05) is 0 Å². The molecule has 0 aromatic carbocycles. The maximum atomic E-state index is 5.07. The average Bonchev–Trinajstić information content (AvgIpc) is 2.03. The molecule has 0 amide bonds. The first kappa shape index (κ1) is 10.8. The molecule has 0 aliphatic carbocycles. The van der Waals surface area contributed by atoms with Crippen LogP contribution in [0.25, 0.3) is 0 Å². The SMILES string of the molecule is CCOCCNOCCOC. The Morgan fingerprint density at radius 3 is 2.64 bits per heavy atom. The molecule has 0 radical (unpaired) electrons. The zero-order valence-corrected chi connectivity index (χ0v) is 7.26. The van der Waals surface area contributed by atoms with Gasteiger partial charge >= 0.3 is 0 Å². The summed E-state index contributed by atoms with van der Waals surface area (Å²) >= 11 is 0. The Bertz CT molecular complexity index is 62.7. The van der Waals surface area contributed by atoms with E-state index in [1.165, 1.54) is 0 Å². The topological polar surface area (TPSA) is 39.7 Å². The molecule has 4 nitrogen and oxygen atoms in total. The fourth-order valence-electron chi connectivity index (χ4n) is 0.528. The first-order chi connectivity index (χ1) is 5.41. The van der Waals surface area contributed by atoms with Gasteiger partial charge in [-0.2, -0.15) is 0 Å². The molecule has 0 aromatic rings. The van der Waals surface area contributed by atoms with Crippen molar-refractivity contribution in [3.8, 4) is 0 Å². The van der Waals surface area contributed by atoms with E-state index in [-0.39, 0.29) is 0 Å². The number of methoxy groups -OCH3 is 1. The van der Waals surface area contributed by atoms with E-state index >= 15 is 0 Å². The summed E-state index contributed by atoms with van der Waals surface area (Å²) in [4.78, 5) is 4.97.